The topological polar surface area (TPSA) is 87.7 Å². The van der Waals surface area contributed by atoms with Gasteiger partial charge in [0.25, 0.3) is 5.91 Å². The molecule has 0 aromatic rings. The summed E-state index contributed by atoms with van der Waals surface area (Å²) in [6.45, 7) is 2.77. The molecule has 0 atom stereocenters. The molecule has 21 heavy (non-hydrogen) atoms. The first-order chi connectivity index (χ1) is 9.88. The molecule has 1 aliphatic rings. The van der Waals surface area contributed by atoms with Gasteiger partial charge in [-0.15, -0.1) is 0 Å². The molecule has 0 aromatic carbocycles. The number of nitrogens with zero attached hydrogens (tertiary/aromatic N) is 1. The van der Waals surface area contributed by atoms with Gasteiger partial charge in [-0.1, -0.05) is 12.7 Å². The molecule has 0 radical (unpaired) electrons. The van der Waals surface area contributed by atoms with Gasteiger partial charge in [0.2, 0.25) is 0 Å². The monoisotopic (exact) mass is 299 g/mol. The number of aliphatic hydroxyl groups excluding tert-OH is 1. The van der Waals surface area contributed by atoms with Gasteiger partial charge in [0.05, 0.1) is 12.1 Å². The van der Waals surface area contributed by atoms with Crippen LogP contribution < -0.4 is 11.1 Å². The molecule has 0 aromatic heterocycles. The quantitative estimate of drug-likeness (QED) is 0.319. The highest BCUT2D eigenvalue weighted by molar-refractivity contribution is 6.01. The van der Waals surface area contributed by atoms with Gasteiger partial charge in [-0.3, -0.25) is 10.1 Å². The van der Waals surface area contributed by atoms with Gasteiger partial charge >= 0.3 is 0 Å². The summed E-state index contributed by atoms with van der Waals surface area (Å²) >= 11 is 0. The van der Waals surface area contributed by atoms with Crippen molar-refractivity contribution in [1.82, 2.24) is 5.32 Å². The SMILES string of the molecule is C=C(F)/C(F)=C\C=C\C(=O)NC(N)=NC1CCC(O)CC1. The number of aliphatic hydroxyl groups is 1. The van der Waals surface area contributed by atoms with Gasteiger partial charge in [-0.05, 0) is 31.8 Å². The molecule has 0 saturated heterocycles. The lowest BCUT2D eigenvalue weighted by Crippen LogP contribution is -2.37. The summed E-state index contributed by atoms with van der Waals surface area (Å²) < 4.78 is 25.0. The zero-order valence-electron chi connectivity index (χ0n) is 11.6. The molecule has 7 heteroatoms. The zero-order chi connectivity index (χ0) is 15.8. The molecule has 0 spiro atoms. The van der Waals surface area contributed by atoms with Crippen LogP contribution in [0, 0.1) is 0 Å². The van der Waals surface area contributed by atoms with E-state index in [9.17, 15) is 18.7 Å². The van der Waals surface area contributed by atoms with E-state index in [1.165, 1.54) is 0 Å². The number of hydrogen-bond acceptors (Lipinski definition) is 3. The first kappa shape index (κ1) is 17.0. The number of allylic oxidation sites excluding steroid dienone is 4. The van der Waals surface area contributed by atoms with E-state index in [2.05, 4.69) is 16.9 Å². The maximum atomic E-state index is 12.7. The number of nitrogens with one attached hydrogen (secondary N) is 1. The van der Waals surface area contributed by atoms with Crippen LogP contribution in [0.2, 0.25) is 0 Å². The number of amides is 1. The third-order valence-corrected chi connectivity index (χ3v) is 2.99. The maximum Gasteiger partial charge on any atom is 0.250 e. The van der Waals surface area contributed by atoms with Crippen LogP contribution in [-0.4, -0.2) is 29.1 Å². The molecule has 1 aliphatic carbocycles. The standard InChI is InChI=1S/C14H19F2N3O2/c1-9(15)12(16)3-2-4-13(21)19-14(17)18-10-5-7-11(20)8-6-10/h2-4,10-11,20H,1,5-8H2,(H3,17,18,19,21)/b4-2+,12-3+. The van der Waals surface area contributed by atoms with E-state index in [4.69, 9.17) is 5.73 Å². The second kappa shape index (κ2) is 8.31. The molecule has 0 bridgehead atoms. The second-order valence-corrected chi connectivity index (χ2v) is 4.74. The largest absolute Gasteiger partial charge is 0.393 e. The van der Waals surface area contributed by atoms with E-state index >= 15 is 0 Å². The van der Waals surface area contributed by atoms with Crippen LogP contribution in [0.3, 0.4) is 0 Å². The molecular formula is C14H19F2N3O2. The van der Waals surface area contributed by atoms with Crippen LogP contribution in [0.5, 0.6) is 0 Å². The Morgan fingerprint density at radius 3 is 2.52 bits per heavy atom. The molecule has 5 nitrogen and oxygen atoms in total. The lowest BCUT2D eigenvalue weighted by molar-refractivity contribution is -0.115. The molecule has 1 rings (SSSR count). The predicted molar refractivity (Wildman–Crippen MR) is 76.6 cm³/mol. The average Bonchev–Trinajstić information content (AvgIpc) is 2.41. The number of nitrogens with two attached hydrogens (primary N) is 1. The van der Waals surface area contributed by atoms with Crippen LogP contribution in [0.1, 0.15) is 25.7 Å². The summed E-state index contributed by atoms with van der Waals surface area (Å²) in [6.07, 6.45) is 5.26. The molecule has 4 N–H and O–H groups in total. The molecule has 0 aliphatic heterocycles. The Hall–Kier alpha value is -2.02. The van der Waals surface area contributed by atoms with Gasteiger partial charge in [0, 0.05) is 6.08 Å². The van der Waals surface area contributed by atoms with Crippen molar-refractivity contribution in [2.24, 2.45) is 10.7 Å². The summed E-state index contributed by atoms with van der Waals surface area (Å²) in [6, 6.07) is -0.0233. The number of guanidine groups is 1. The van der Waals surface area contributed by atoms with Crippen LogP contribution in [-0.2, 0) is 4.79 Å². The summed E-state index contributed by atoms with van der Waals surface area (Å²) in [5, 5.41) is 11.7. The van der Waals surface area contributed by atoms with Crippen molar-refractivity contribution < 1.29 is 18.7 Å². The maximum absolute atomic E-state index is 12.7. The van der Waals surface area contributed by atoms with Gasteiger partial charge in [0.15, 0.2) is 17.6 Å². The molecule has 1 saturated carbocycles. The van der Waals surface area contributed by atoms with E-state index in [1.54, 1.807) is 0 Å². The van der Waals surface area contributed by atoms with Crippen molar-refractivity contribution in [3.63, 3.8) is 0 Å². The highest BCUT2D eigenvalue weighted by Gasteiger charge is 2.18. The summed E-state index contributed by atoms with van der Waals surface area (Å²) in [5.41, 5.74) is 5.58. The van der Waals surface area contributed by atoms with E-state index < -0.39 is 17.6 Å². The number of carbonyl (C=O) groups excluding carboxylic acids is 1. The van der Waals surface area contributed by atoms with Gasteiger partial charge < -0.3 is 10.8 Å². The van der Waals surface area contributed by atoms with E-state index in [1.807, 2.05) is 0 Å². The highest BCUT2D eigenvalue weighted by Crippen LogP contribution is 2.20. The highest BCUT2D eigenvalue weighted by atomic mass is 19.2. The number of halogens is 2. The number of rotatable bonds is 4. The smallest absolute Gasteiger partial charge is 0.250 e. The number of carbonyl (C=O) groups is 1. The Morgan fingerprint density at radius 1 is 1.33 bits per heavy atom. The van der Waals surface area contributed by atoms with Gasteiger partial charge in [0.1, 0.15) is 0 Å². The first-order valence-electron chi connectivity index (χ1n) is 6.59. The van der Waals surface area contributed by atoms with Crippen LogP contribution >= 0.6 is 0 Å². The van der Waals surface area contributed by atoms with E-state index in [0.29, 0.717) is 25.7 Å². The van der Waals surface area contributed by atoms with Crippen molar-refractivity contribution in [2.45, 2.75) is 37.8 Å². The fraction of sp³-hybridized carbons (Fsp3) is 0.429. The Morgan fingerprint density at radius 2 is 1.95 bits per heavy atom. The Bertz CT molecular complexity index is 479. The van der Waals surface area contributed by atoms with Crippen LogP contribution in [0.4, 0.5) is 8.78 Å². The van der Waals surface area contributed by atoms with Crippen molar-refractivity contribution in [2.75, 3.05) is 0 Å². The summed E-state index contributed by atoms with van der Waals surface area (Å²) in [5.74, 6) is -2.99. The molecule has 0 unspecified atom stereocenters. The van der Waals surface area contributed by atoms with Gasteiger partial charge in [-0.2, -0.15) is 0 Å². The lowest BCUT2D eigenvalue weighted by Gasteiger charge is -2.22. The Kier molecular flexibility index (Phi) is 6.74. The van der Waals surface area contributed by atoms with E-state index in [-0.39, 0.29) is 18.1 Å². The minimum atomic E-state index is -1.21. The predicted octanol–water partition coefficient (Wildman–Crippen LogP) is 1.61. The van der Waals surface area contributed by atoms with Crippen molar-refractivity contribution in [1.29, 1.82) is 0 Å². The molecule has 0 heterocycles. The van der Waals surface area contributed by atoms with Crippen molar-refractivity contribution in [3.8, 4) is 0 Å². The van der Waals surface area contributed by atoms with Crippen molar-refractivity contribution in [3.05, 3.63) is 36.5 Å². The second-order valence-electron chi connectivity index (χ2n) is 4.74. The average molecular weight is 299 g/mol. The third-order valence-electron chi connectivity index (χ3n) is 2.99. The third kappa shape index (κ3) is 6.80. The summed E-state index contributed by atoms with van der Waals surface area (Å²) in [7, 11) is 0. The lowest BCUT2D eigenvalue weighted by atomic mass is 9.94. The molecular weight excluding hydrogens is 280 g/mol. The minimum absolute atomic E-state index is 0.0233. The fourth-order valence-electron chi connectivity index (χ4n) is 1.89. The van der Waals surface area contributed by atoms with E-state index in [0.717, 1.165) is 18.2 Å². The normalized spacial score (nSPS) is 24.1. The Labute approximate surface area is 121 Å². The molecule has 1 fully saturated rings. The summed E-state index contributed by atoms with van der Waals surface area (Å²) in [4.78, 5) is 15.6. The van der Waals surface area contributed by atoms with Gasteiger partial charge in [-0.25, -0.2) is 13.8 Å². The number of aliphatic imine (C=N–C) groups is 1. The first-order valence-corrected chi connectivity index (χ1v) is 6.59. The molecule has 1 amide bonds. The van der Waals surface area contributed by atoms with Crippen molar-refractivity contribution >= 4 is 11.9 Å². The minimum Gasteiger partial charge on any atom is -0.393 e. The zero-order valence-corrected chi connectivity index (χ0v) is 11.6. The Balaban J connectivity index is 2.45. The molecule has 116 valence electrons. The van der Waals surface area contributed by atoms with Crippen LogP contribution in [0.15, 0.2) is 41.5 Å². The number of hydrogen-bond donors (Lipinski definition) is 3. The van der Waals surface area contributed by atoms with Crippen LogP contribution in [0.25, 0.3) is 0 Å². The fourth-order valence-corrected chi connectivity index (χ4v) is 1.89.